The van der Waals surface area contributed by atoms with Crippen molar-refractivity contribution in [2.45, 2.75) is 25.9 Å². The van der Waals surface area contributed by atoms with Crippen molar-refractivity contribution in [3.05, 3.63) is 42.4 Å². The Kier molecular flexibility index (Phi) is 5.82. The zero-order chi connectivity index (χ0) is 14.7. The summed E-state index contributed by atoms with van der Waals surface area (Å²) in [5.74, 6) is 2.49. The van der Waals surface area contributed by atoms with E-state index in [1.54, 1.807) is 7.05 Å². The van der Waals surface area contributed by atoms with Crippen LogP contribution in [0, 0.1) is 5.92 Å². The van der Waals surface area contributed by atoms with Crippen LogP contribution in [0.5, 0.6) is 0 Å². The molecule has 0 radical (unpaired) electrons. The monoisotopic (exact) mass is 411 g/mol. The first-order valence-corrected chi connectivity index (χ1v) is 7.32. The van der Waals surface area contributed by atoms with Crippen molar-refractivity contribution in [1.29, 1.82) is 0 Å². The number of aromatic amines is 1. The Morgan fingerprint density at radius 3 is 2.73 bits per heavy atom. The molecule has 2 aromatic rings. The molecule has 22 heavy (non-hydrogen) atoms. The Labute approximate surface area is 148 Å². The highest BCUT2D eigenvalue weighted by molar-refractivity contribution is 14.0. The van der Waals surface area contributed by atoms with Gasteiger partial charge < -0.3 is 15.6 Å². The number of nitrogens with zero attached hydrogens (tertiary/aromatic N) is 2. The van der Waals surface area contributed by atoms with Gasteiger partial charge in [0.05, 0.1) is 18.4 Å². The van der Waals surface area contributed by atoms with Gasteiger partial charge in [-0.1, -0.05) is 37.3 Å². The second-order valence-corrected chi connectivity index (χ2v) is 5.50. The summed E-state index contributed by atoms with van der Waals surface area (Å²) in [4.78, 5) is 12.0. The smallest absolute Gasteiger partial charge is 0.191 e. The van der Waals surface area contributed by atoms with E-state index >= 15 is 0 Å². The molecule has 1 fully saturated rings. The third-order valence-electron chi connectivity index (χ3n) is 3.79. The lowest BCUT2D eigenvalue weighted by Crippen LogP contribution is -2.38. The largest absolute Gasteiger partial charge is 0.353 e. The number of aromatic nitrogens is 2. The maximum Gasteiger partial charge on any atom is 0.191 e. The molecule has 0 saturated heterocycles. The van der Waals surface area contributed by atoms with Crippen LogP contribution in [0.2, 0.25) is 0 Å². The van der Waals surface area contributed by atoms with Gasteiger partial charge in [-0.15, -0.1) is 24.0 Å². The Morgan fingerprint density at radius 1 is 1.36 bits per heavy atom. The van der Waals surface area contributed by atoms with Crippen molar-refractivity contribution in [3.63, 3.8) is 0 Å². The predicted molar refractivity (Wildman–Crippen MR) is 100 cm³/mol. The molecule has 1 aliphatic carbocycles. The Balaban J connectivity index is 0.00000176. The number of halogens is 1. The zero-order valence-electron chi connectivity index (χ0n) is 12.8. The number of H-pyrrole nitrogens is 1. The van der Waals surface area contributed by atoms with Crippen LogP contribution in [-0.2, 0) is 6.54 Å². The summed E-state index contributed by atoms with van der Waals surface area (Å²) in [7, 11) is 1.79. The molecular formula is C16H22IN5. The molecule has 1 saturated carbocycles. The van der Waals surface area contributed by atoms with E-state index in [4.69, 9.17) is 0 Å². The van der Waals surface area contributed by atoms with Gasteiger partial charge in [0.25, 0.3) is 0 Å². The van der Waals surface area contributed by atoms with Crippen LogP contribution in [0.15, 0.2) is 41.5 Å². The molecule has 6 heteroatoms. The summed E-state index contributed by atoms with van der Waals surface area (Å²) in [6, 6.07) is 10.8. The second kappa shape index (κ2) is 7.62. The quantitative estimate of drug-likeness (QED) is 0.412. The molecule has 0 aliphatic heterocycles. The summed E-state index contributed by atoms with van der Waals surface area (Å²) in [6.07, 6.45) is 3.09. The van der Waals surface area contributed by atoms with Gasteiger partial charge in [-0.2, -0.15) is 0 Å². The average Bonchev–Trinajstić information content (AvgIpc) is 3.02. The number of hydrogen-bond donors (Lipinski definition) is 3. The van der Waals surface area contributed by atoms with E-state index < -0.39 is 0 Å². The second-order valence-electron chi connectivity index (χ2n) is 5.50. The Hall–Kier alpha value is -1.57. The molecule has 2 unspecified atom stereocenters. The van der Waals surface area contributed by atoms with Gasteiger partial charge in [0.2, 0.25) is 0 Å². The fraction of sp³-hybridized carbons (Fsp3) is 0.375. The molecule has 1 aromatic carbocycles. The number of benzene rings is 1. The highest BCUT2D eigenvalue weighted by atomic mass is 127. The minimum atomic E-state index is 0. The number of aliphatic imine (C=N–C) groups is 1. The Bertz CT molecular complexity index is 622. The van der Waals surface area contributed by atoms with Gasteiger partial charge in [-0.25, -0.2) is 4.98 Å². The molecule has 0 amide bonds. The predicted octanol–water partition coefficient (Wildman–Crippen LogP) is 2.77. The van der Waals surface area contributed by atoms with E-state index in [-0.39, 0.29) is 24.0 Å². The lowest BCUT2D eigenvalue weighted by Gasteiger charge is -2.10. The SMILES string of the molecule is CN=C(NCc1ncc(-c2ccccc2)[nH]1)NC1CC1C.I. The molecule has 2 atom stereocenters. The van der Waals surface area contributed by atoms with Gasteiger partial charge in [-0.3, -0.25) is 4.99 Å². The van der Waals surface area contributed by atoms with Gasteiger partial charge in [0, 0.05) is 13.1 Å². The van der Waals surface area contributed by atoms with E-state index in [1.807, 2.05) is 24.4 Å². The highest BCUT2D eigenvalue weighted by Gasteiger charge is 2.33. The first-order chi connectivity index (χ1) is 10.3. The van der Waals surface area contributed by atoms with Crippen LogP contribution in [-0.4, -0.2) is 29.0 Å². The van der Waals surface area contributed by atoms with E-state index in [0.29, 0.717) is 12.6 Å². The lowest BCUT2D eigenvalue weighted by molar-refractivity contribution is 0.750. The maximum atomic E-state index is 4.41. The van der Waals surface area contributed by atoms with Gasteiger partial charge in [0.1, 0.15) is 5.82 Å². The highest BCUT2D eigenvalue weighted by Crippen LogP contribution is 2.28. The van der Waals surface area contributed by atoms with Gasteiger partial charge >= 0.3 is 0 Å². The summed E-state index contributed by atoms with van der Waals surface area (Å²) in [6.45, 7) is 2.87. The van der Waals surface area contributed by atoms with E-state index in [0.717, 1.165) is 29.0 Å². The minimum Gasteiger partial charge on any atom is -0.353 e. The number of guanidine groups is 1. The number of hydrogen-bond acceptors (Lipinski definition) is 2. The summed E-state index contributed by atoms with van der Waals surface area (Å²) in [5, 5.41) is 6.68. The number of imidazole rings is 1. The molecule has 1 aliphatic rings. The minimum absolute atomic E-state index is 0. The van der Waals surface area contributed by atoms with E-state index in [1.165, 1.54) is 6.42 Å². The topological polar surface area (TPSA) is 65.1 Å². The van der Waals surface area contributed by atoms with Gasteiger partial charge in [-0.05, 0) is 17.9 Å². The van der Waals surface area contributed by atoms with Crippen molar-refractivity contribution >= 4 is 29.9 Å². The lowest BCUT2D eigenvalue weighted by atomic mass is 10.2. The first kappa shape index (κ1) is 16.8. The maximum absolute atomic E-state index is 4.41. The molecule has 0 spiro atoms. The van der Waals surface area contributed by atoms with E-state index in [2.05, 4.69) is 44.7 Å². The molecular weight excluding hydrogens is 389 g/mol. The molecule has 0 bridgehead atoms. The van der Waals surface area contributed by atoms with Crippen LogP contribution in [0.25, 0.3) is 11.3 Å². The first-order valence-electron chi connectivity index (χ1n) is 7.32. The van der Waals surface area contributed by atoms with Crippen LogP contribution in [0.4, 0.5) is 0 Å². The van der Waals surface area contributed by atoms with Crippen LogP contribution >= 0.6 is 24.0 Å². The Morgan fingerprint density at radius 2 is 2.09 bits per heavy atom. The summed E-state index contributed by atoms with van der Waals surface area (Å²) >= 11 is 0. The van der Waals surface area contributed by atoms with Crippen LogP contribution in [0.3, 0.4) is 0 Å². The van der Waals surface area contributed by atoms with Crippen molar-refractivity contribution in [3.8, 4) is 11.3 Å². The zero-order valence-corrected chi connectivity index (χ0v) is 15.2. The molecule has 3 N–H and O–H groups in total. The molecule has 1 heterocycles. The van der Waals surface area contributed by atoms with Crippen molar-refractivity contribution in [2.75, 3.05) is 7.05 Å². The molecule has 5 nitrogen and oxygen atoms in total. The number of nitrogens with one attached hydrogen (secondary N) is 3. The summed E-state index contributed by atoms with van der Waals surface area (Å²) < 4.78 is 0. The molecule has 3 rings (SSSR count). The normalized spacial score (nSPS) is 20.2. The standard InChI is InChI=1S/C16H21N5.HI/c1-11-8-13(11)21-16(17-2)19-10-15-18-9-14(20-15)12-6-4-3-5-7-12;/h3-7,9,11,13H,8,10H2,1-2H3,(H,18,20)(H2,17,19,21);1H. The van der Waals surface area contributed by atoms with Crippen molar-refractivity contribution < 1.29 is 0 Å². The van der Waals surface area contributed by atoms with Crippen LogP contribution in [0.1, 0.15) is 19.2 Å². The third kappa shape index (κ3) is 4.22. The summed E-state index contributed by atoms with van der Waals surface area (Å²) in [5.41, 5.74) is 2.18. The van der Waals surface area contributed by atoms with E-state index in [9.17, 15) is 0 Å². The number of rotatable bonds is 4. The average molecular weight is 411 g/mol. The fourth-order valence-corrected chi connectivity index (χ4v) is 2.28. The molecule has 118 valence electrons. The van der Waals surface area contributed by atoms with Gasteiger partial charge in [0.15, 0.2) is 5.96 Å². The molecule has 1 aromatic heterocycles. The fourth-order valence-electron chi connectivity index (χ4n) is 2.28. The third-order valence-corrected chi connectivity index (χ3v) is 3.79. The van der Waals surface area contributed by atoms with Crippen molar-refractivity contribution in [1.82, 2.24) is 20.6 Å². The van der Waals surface area contributed by atoms with Crippen molar-refractivity contribution in [2.24, 2.45) is 10.9 Å². The van der Waals surface area contributed by atoms with Crippen LogP contribution < -0.4 is 10.6 Å².